The summed E-state index contributed by atoms with van der Waals surface area (Å²) in [6.45, 7) is 2.54. The van der Waals surface area contributed by atoms with Crippen LogP contribution in [-0.2, 0) is 20.9 Å². The Kier molecular flexibility index (Phi) is 5.80. The van der Waals surface area contributed by atoms with Crippen molar-refractivity contribution in [1.82, 2.24) is 0 Å². The van der Waals surface area contributed by atoms with Crippen molar-refractivity contribution < 1.29 is 23.8 Å². The Labute approximate surface area is 198 Å². The second-order valence-electron chi connectivity index (χ2n) is 8.44. The fourth-order valence-electron chi connectivity index (χ4n) is 4.48. The third kappa shape index (κ3) is 4.03. The summed E-state index contributed by atoms with van der Waals surface area (Å²) < 4.78 is 16.9. The van der Waals surface area contributed by atoms with Crippen LogP contribution in [0.1, 0.15) is 29.0 Å². The van der Waals surface area contributed by atoms with E-state index in [1.54, 1.807) is 12.0 Å². The second-order valence-corrected chi connectivity index (χ2v) is 8.44. The zero-order chi connectivity index (χ0) is 23.7. The van der Waals surface area contributed by atoms with Crippen LogP contribution in [-0.4, -0.2) is 25.6 Å². The minimum Gasteiger partial charge on any atom is -0.493 e. The molecule has 5 rings (SSSR count). The molecule has 0 fully saturated rings. The van der Waals surface area contributed by atoms with Gasteiger partial charge in [0.25, 0.3) is 0 Å². The van der Waals surface area contributed by atoms with Gasteiger partial charge in [-0.25, -0.2) is 4.79 Å². The van der Waals surface area contributed by atoms with Gasteiger partial charge in [0, 0.05) is 18.0 Å². The summed E-state index contributed by atoms with van der Waals surface area (Å²) in [6.07, 6.45) is 0.162. The molecule has 2 aliphatic rings. The predicted molar refractivity (Wildman–Crippen MR) is 128 cm³/mol. The first-order valence-electron chi connectivity index (χ1n) is 11.2. The van der Waals surface area contributed by atoms with Crippen molar-refractivity contribution in [3.63, 3.8) is 0 Å². The number of amides is 1. The summed E-state index contributed by atoms with van der Waals surface area (Å²) in [5.74, 6) is 0.288. The van der Waals surface area contributed by atoms with Crippen LogP contribution >= 0.6 is 0 Å². The van der Waals surface area contributed by atoms with E-state index in [1.807, 2.05) is 79.7 Å². The number of carbonyl (C=O) groups is 2. The van der Waals surface area contributed by atoms with Gasteiger partial charge < -0.3 is 14.2 Å². The number of esters is 1. The highest BCUT2D eigenvalue weighted by Crippen LogP contribution is 2.43. The summed E-state index contributed by atoms with van der Waals surface area (Å²) in [6, 6.07) is 23.1. The topological polar surface area (TPSA) is 65.1 Å². The van der Waals surface area contributed by atoms with Crippen LogP contribution in [0.3, 0.4) is 0 Å². The van der Waals surface area contributed by atoms with Crippen molar-refractivity contribution in [3.05, 3.63) is 101 Å². The number of hydrogen-bond donors (Lipinski definition) is 0. The third-order valence-corrected chi connectivity index (χ3v) is 6.24. The maximum absolute atomic E-state index is 13.2. The summed E-state index contributed by atoms with van der Waals surface area (Å²) in [5, 5.41) is 0. The number of hydrogen-bond acceptors (Lipinski definition) is 5. The van der Waals surface area contributed by atoms with Crippen LogP contribution in [0, 0.1) is 6.92 Å². The number of aryl methyl sites for hydroxylation is 1. The largest absolute Gasteiger partial charge is 0.493 e. The lowest BCUT2D eigenvalue weighted by molar-refractivity contribution is -0.136. The Bertz CT molecular complexity index is 1260. The minimum absolute atomic E-state index is 0.0769. The average Bonchev–Trinajstić information content (AvgIpc) is 3.24. The molecule has 34 heavy (non-hydrogen) atoms. The molecule has 0 spiro atoms. The summed E-state index contributed by atoms with van der Waals surface area (Å²) in [7, 11) is 1.58. The molecule has 6 heteroatoms. The number of methoxy groups -OCH3 is 1. The number of carbonyl (C=O) groups excluding carboxylic acids is 2. The molecule has 0 radical (unpaired) electrons. The van der Waals surface area contributed by atoms with E-state index in [0.29, 0.717) is 29.4 Å². The predicted octanol–water partition coefficient (Wildman–Crippen LogP) is 4.91. The summed E-state index contributed by atoms with van der Waals surface area (Å²) >= 11 is 0. The molecule has 0 bridgehead atoms. The third-order valence-electron chi connectivity index (χ3n) is 6.24. The van der Waals surface area contributed by atoms with Gasteiger partial charge in [0.05, 0.1) is 18.4 Å². The SMILES string of the molecule is COc1cc(C2CC(=O)N(c3ccccc3)C3=C2C(=O)OC3)ccc1OCc1ccc(C)cc1. The van der Waals surface area contributed by atoms with Gasteiger partial charge in [-0.05, 0) is 42.3 Å². The van der Waals surface area contributed by atoms with Crippen molar-refractivity contribution in [1.29, 1.82) is 0 Å². The smallest absolute Gasteiger partial charge is 0.336 e. The molecule has 2 aliphatic heterocycles. The monoisotopic (exact) mass is 455 g/mol. The van der Waals surface area contributed by atoms with Crippen LogP contribution in [0.2, 0.25) is 0 Å². The standard InChI is InChI=1S/C28H25NO5/c1-18-8-10-19(11-9-18)16-33-24-13-12-20(14-25(24)32-2)22-15-26(30)29(21-6-4-3-5-7-21)23-17-34-28(31)27(22)23/h3-14,22H,15-17H2,1-2H3. The van der Waals surface area contributed by atoms with Crippen LogP contribution in [0.5, 0.6) is 11.5 Å². The Balaban J connectivity index is 1.45. The van der Waals surface area contributed by atoms with E-state index in [1.165, 1.54) is 5.56 Å². The van der Waals surface area contributed by atoms with Crippen molar-refractivity contribution >= 4 is 17.6 Å². The fraction of sp³-hybridized carbons (Fsp3) is 0.214. The van der Waals surface area contributed by atoms with Gasteiger partial charge >= 0.3 is 5.97 Å². The molecule has 172 valence electrons. The van der Waals surface area contributed by atoms with Gasteiger partial charge in [-0.1, -0.05) is 54.1 Å². The maximum atomic E-state index is 13.2. The quantitative estimate of drug-likeness (QED) is 0.494. The summed E-state index contributed by atoms with van der Waals surface area (Å²) in [5.41, 5.74) is 4.92. The Morgan fingerprint density at radius 2 is 1.74 bits per heavy atom. The minimum atomic E-state index is -0.405. The number of cyclic esters (lactones) is 1. The van der Waals surface area contributed by atoms with E-state index in [9.17, 15) is 9.59 Å². The van der Waals surface area contributed by atoms with E-state index in [2.05, 4.69) is 0 Å². The number of benzene rings is 3. The Morgan fingerprint density at radius 3 is 2.47 bits per heavy atom. The molecule has 6 nitrogen and oxygen atoms in total. The first-order chi connectivity index (χ1) is 16.5. The molecular weight excluding hydrogens is 430 g/mol. The lowest BCUT2D eigenvalue weighted by atomic mass is 9.84. The van der Waals surface area contributed by atoms with E-state index < -0.39 is 5.92 Å². The molecule has 1 atom stereocenters. The molecule has 0 N–H and O–H groups in total. The number of rotatable bonds is 6. The first kappa shape index (κ1) is 21.8. The lowest BCUT2D eigenvalue weighted by Gasteiger charge is -2.32. The molecule has 1 amide bonds. The van der Waals surface area contributed by atoms with E-state index in [-0.39, 0.29) is 24.9 Å². The van der Waals surface area contributed by atoms with Gasteiger partial charge in [0.1, 0.15) is 13.2 Å². The molecular formula is C28H25NO5. The van der Waals surface area contributed by atoms with Crippen molar-refractivity contribution in [3.8, 4) is 11.5 Å². The van der Waals surface area contributed by atoms with Crippen molar-refractivity contribution in [2.45, 2.75) is 25.9 Å². The first-order valence-corrected chi connectivity index (χ1v) is 11.2. The highest BCUT2D eigenvalue weighted by Gasteiger charge is 2.43. The van der Waals surface area contributed by atoms with E-state index in [4.69, 9.17) is 14.2 Å². The van der Waals surface area contributed by atoms with Gasteiger partial charge in [0.2, 0.25) is 5.91 Å². The lowest BCUT2D eigenvalue weighted by Crippen LogP contribution is -2.37. The van der Waals surface area contributed by atoms with Crippen LogP contribution in [0.25, 0.3) is 0 Å². The maximum Gasteiger partial charge on any atom is 0.336 e. The van der Waals surface area contributed by atoms with Gasteiger partial charge in [-0.15, -0.1) is 0 Å². The molecule has 0 aliphatic carbocycles. The van der Waals surface area contributed by atoms with Crippen LogP contribution < -0.4 is 14.4 Å². The fourth-order valence-corrected chi connectivity index (χ4v) is 4.48. The highest BCUT2D eigenvalue weighted by atomic mass is 16.5. The zero-order valence-corrected chi connectivity index (χ0v) is 19.1. The van der Waals surface area contributed by atoms with Gasteiger partial charge in [-0.3, -0.25) is 9.69 Å². The number of anilines is 1. The van der Waals surface area contributed by atoms with Crippen LogP contribution in [0.4, 0.5) is 5.69 Å². The number of nitrogens with zero attached hydrogens (tertiary/aromatic N) is 1. The molecule has 0 saturated heterocycles. The molecule has 1 unspecified atom stereocenters. The van der Waals surface area contributed by atoms with Crippen molar-refractivity contribution in [2.24, 2.45) is 0 Å². The number of ether oxygens (including phenoxy) is 3. The van der Waals surface area contributed by atoms with Gasteiger partial charge in [-0.2, -0.15) is 0 Å². The normalized spacial score (nSPS) is 17.5. The van der Waals surface area contributed by atoms with Gasteiger partial charge in [0.15, 0.2) is 11.5 Å². The van der Waals surface area contributed by atoms with E-state index >= 15 is 0 Å². The zero-order valence-electron chi connectivity index (χ0n) is 19.1. The number of para-hydroxylation sites is 1. The Hall–Kier alpha value is -4.06. The highest BCUT2D eigenvalue weighted by molar-refractivity contribution is 6.06. The van der Waals surface area contributed by atoms with Crippen molar-refractivity contribution in [2.75, 3.05) is 18.6 Å². The molecule has 0 saturated carbocycles. The summed E-state index contributed by atoms with van der Waals surface area (Å²) in [4.78, 5) is 27.5. The van der Waals surface area contributed by atoms with Crippen LogP contribution in [0.15, 0.2) is 84.1 Å². The second kappa shape index (κ2) is 9.06. The van der Waals surface area contributed by atoms with E-state index in [0.717, 1.165) is 16.8 Å². The molecule has 3 aromatic rings. The molecule has 3 aromatic carbocycles. The molecule has 0 aromatic heterocycles. The Morgan fingerprint density at radius 1 is 0.971 bits per heavy atom. The average molecular weight is 456 g/mol. The molecule has 2 heterocycles.